The smallest absolute Gasteiger partial charge is 0.193 e. The summed E-state index contributed by atoms with van der Waals surface area (Å²) in [7, 11) is 0. The lowest BCUT2D eigenvalue weighted by Gasteiger charge is -2.21. The molecule has 1 unspecified atom stereocenters. The zero-order valence-corrected chi connectivity index (χ0v) is 14.7. The second kappa shape index (κ2) is 10.0. The first kappa shape index (κ1) is 18.4. The van der Waals surface area contributed by atoms with Crippen LogP contribution >= 0.6 is 0 Å². The predicted octanol–water partition coefficient (Wildman–Crippen LogP) is 3.17. The molecule has 1 aliphatic rings. The Balaban J connectivity index is 1.93. The second-order valence-electron chi connectivity index (χ2n) is 5.69. The quantitative estimate of drug-likeness (QED) is 0.563. The molecular formula is C18H29N3O3. The number of nitrogens with two attached hydrogens (primary N) is 1. The third-order valence-corrected chi connectivity index (χ3v) is 3.83. The number of hydrogen-bond acceptors (Lipinski definition) is 4. The van der Waals surface area contributed by atoms with Crippen molar-refractivity contribution in [2.75, 3.05) is 31.7 Å². The average molecular weight is 335 g/mol. The maximum atomic E-state index is 6.01. The Morgan fingerprint density at radius 1 is 1.29 bits per heavy atom. The van der Waals surface area contributed by atoms with Crippen molar-refractivity contribution >= 4 is 11.6 Å². The van der Waals surface area contributed by atoms with Crippen LogP contribution in [0.15, 0.2) is 23.2 Å². The van der Waals surface area contributed by atoms with E-state index < -0.39 is 0 Å². The number of hydrogen-bond donors (Lipinski definition) is 2. The average Bonchev–Trinajstić information content (AvgIpc) is 2.58. The Kier molecular flexibility index (Phi) is 7.68. The molecule has 1 atom stereocenters. The van der Waals surface area contributed by atoms with Crippen molar-refractivity contribution in [2.45, 2.75) is 45.6 Å². The van der Waals surface area contributed by atoms with E-state index in [2.05, 4.69) is 10.3 Å². The summed E-state index contributed by atoms with van der Waals surface area (Å²) >= 11 is 0. The number of benzene rings is 1. The van der Waals surface area contributed by atoms with Gasteiger partial charge in [-0.1, -0.05) is 0 Å². The predicted molar refractivity (Wildman–Crippen MR) is 97.1 cm³/mol. The molecule has 0 saturated carbocycles. The van der Waals surface area contributed by atoms with E-state index in [1.54, 1.807) is 0 Å². The normalized spacial score (nSPS) is 18.2. The molecule has 6 nitrogen and oxygen atoms in total. The summed E-state index contributed by atoms with van der Waals surface area (Å²) in [5.74, 6) is 1.88. The van der Waals surface area contributed by atoms with Crippen LogP contribution in [0.25, 0.3) is 0 Å². The summed E-state index contributed by atoms with van der Waals surface area (Å²) in [5, 5.41) is 3.11. The highest BCUT2D eigenvalue weighted by Gasteiger charge is 2.13. The summed E-state index contributed by atoms with van der Waals surface area (Å²) < 4.78 is 16.9. The van der Waals surface area contributed by atoms with Crippen LogP contribution in [0.5, 0.6) is 11.5 Å². The van der Waals surface area contributed by atoms with Gasteiger partial charge in [-0.15, -0.1) is 0 Å². The highest BCUT2D eigenvalue weighted by atomic mass is 16.5. The number of rotatable bonds is 8. The molecular weight excluding hydrogens is 306 g/mol. The molecule has 0 aromatic heterocycles. The van der Waals surface area contributed by atoms with Gasteiger partial charge in [-0.3, -0.25) is 4.99 Å². The third kappa shape index (κ3) is 5.92. The molecule has 24 heavy (non-hydrogen) atoms. The van der Waals surface area contributed by atoms with Crippen molar-refractivity contribution in [3.05, 3.63) is 18.2 Å². The number of nitrogens with one attached hydrogen (secondary N) is 1. The number of nitrogens with zero attached hydrogens (tertiary/aromatic N) is 1. The van der Waals surface area contributed by atoms with Gasteiger partial charge < -0.3 is 25.3 Å². The van der Waals surface area contributed by atoms with Gasteiger partial charge in [-0.05, 0) is 51.7 Å². The van der Waals surface area contributed by atoms with Gasteiger partial charge in [0, 0.05) is 19.2 Å². The van der Waals surface area contributed by atoms with E-state index in [0.717, 1.165) is 36.6 Å². The summed E-state index contributed by atoms with van der Waals surface area (Å²) in [5.41, 5.74) is 6.77. The van der Waals surface area contributed by atoms with Gasteiger partial charge in [-0.2, -0.15) is 0 Å². The van der Waals surface area contributed by atoms with Gasteiger partial charge in [0.05, 0.1) is 25.0 Å². The molecule has 0 spiro atoms. The first-order valence-electron chi connectivity index (χ1n) is 8.81. The molecule has 1 aromatic rings. The van der Waals surface area contributed by atoms with E-state index in [1.807, 2.05) is 32.0 Å². The van der Waals surface area contributed by atoms with Gasteiger partial charge in [0.15, 0.2) is 5.96 Å². The molecule has 1 heterocycles. The first-order chi connectivity index (χ1) is 11.7. The van der Waals surface area contributed by atoms with Gasteiger partial charge in [-0.25, -0.2) is 0 Å². The van der Waals surface area contributed by atoms with Crippen molar-refractivity contribution in [1.82, 2.24) is 0 Å². The summed E-state index contributed by atoms with van der Waals surface area (Å²) in [6.07, 6.45) is 4.74. The molecule has 1 fully saturated rings. The summed E-state index contributed by atoms with van der Waals surface area (Å²) in [6, 6.07) is 5.63. The van der Waals surface area contributed by atoms with Crippen molar-refractivity contribution in [2.24, 2.45) is 10.7 Å². The van der Waals surface area contributed by atoms with Crippen molar-refractivity contribution in [1.29, 1.82) is 0 Å². The lowest BCUT2D eigenvalue weighted by molar-refractivity contribution is 0.0129. The molecule has 6 heteroatoms. The van der Waals surface area contributed by atoms with E-state index in [9.17, 15) is 0 Å². The van der Waals surface area contributed by atoms with Crippen LogP contribution in [0.1, 0.15) is 39.5 Å². The second-order valence-corrected chi connectivity index (χ2v) is 5.69. The lowest BCUT2D eigenvalue weighted by atomic mass is 10.1. The molecule has 1 aliphatic heterocycles. The van der Waals surface area contributed by atoms with E-state index in [0.29, 0.717) is 31.8 Å². The van der Waals surface area contributed by atoms with Gasteiger partial charge in [0.1, 0.15) is 11.5 Å². The Labute approximate surface area is 144 Å². The molecule has 2 rings (SSSR count). The van der Waals surface area contributed by atoms with E-state index in [1.165, 1.54) is 12.8 Å². The van der Waals surface area contributed by atoms with Gasteiger partial charge in [0.2, 0.25) is 0 Å². The maximum absolute atomic E-state index is 6.01. The van der Waals surface area contributed by atoms with Crippen LogP contribution in [0, 0.1) is 0 Å². The minimum absolute atomic E-state index is 0.315. The Hall–Kier alpha value is -1.95. The molecule has 0 amide bonds. The Morgan fingerprint density at radius 3 is 2.83 bits per heavy atom. The molecule has 1 saturated heterocycles. The summed E-state index contributed by atoms with van der Waals surface area (Å²) in [6.45, 7) is 6.61. The Bertz CT molecular complexity index is 528. The zero-order valence-electron chi connectivity index (χ0n) is 14.7. The van der Waals surface area contributed by atoms with Crippen molar-refractivity contribution in [3.63, 3.8) is 0 Å². The lowest BCUT2D eigenvalue weighted by Crippen LogP contribution is -2.25. The van der Waals surface area contributed by atoms with E-state index in [-0.39, 0.29) is 0 Å². The standard InChI is InChI=1S/C18H29N3O3/c1-3-22-15-8-9-17(23-4-2)16(13-15)21-18(19)20-11-10-14-7-5-6-12-24-14/h8-9,13-14H,3-7,10-12H2,1-2H3,(H3,19,20,21). The van der Waals surface area contributed by atoms with E-state index in [4.69, 9.17) is 19.9 Å². The zero-order chi connectivity index (χ0) is 17.2. The first-order valence-corrected chi connectivity index (χ1v) is 8.81. The van der Waals surface area contributed by atoms with E-state index >= 15 is 0 Å². The molecule has 1 aromatic carbocycles. The molecule has 0 aliphatic carbocycles. The topological polar surface area (TPSA) is 78.1 Å². The van der Waals surface area contributed by atoms with Crippen molar-refractivity contribution < 1.29 is 14.2 Å². The fraction of sp³-hybridized carbons (Fsp3) is 0.611. The van der Waals surface area contributed by atoms with Crippen LogP contribution in [0.4, 0.5) is 5.69 Å². The van der Waals surface area contributed by atoms with Gasteiger partial charge in [0.25, 0.3) is 0 Å². The molecule has 3 N–H and O–H groups in total. The van der Waals surface area contributed by atoms with Crippen LogP contribution in [-0.4, -0.2) is 38.4 Å². The number of anilines is 1. The number of ether oxygens (including phenoxy) is 3. The fourth-order valence-electron chi connectivity index (χ4n) is 2.69. The Morgan fingerprint density at radius 2 is 2.12 bits per heavy atom. The molecule has 0 radical (unpaired) electrons. The number of aliphatic imine (C=N–C) groups is 1. The van der Waals surface area contributed by atoms with Crippen LogP contribution in [0.3, 0.4) is 0 Å². The minimum Gasteiger partial charge on any atom is -0.494 e. The molecule has 0 bridgehead atoms. The highest BCUT2D eigenvalue weighted by molar-refractivity contribution is 5.94. The minimum atomic E-state index is 0.315. The SMILES string of the molecule is CCOc1ccc(OCC)c(NC(N)=NCCC2CCCCO2)c1. The highest BCUT2D eigenvalue weighted by Crippen LogP contribution is 2.29. The van der Waals surface area contributed by atoms with Crippen LogP contribution < -0.4 is 20.5 Å². The van der Waals surface area contributed by atoms with Gasteiger partial charge >= 0.3 is 0 Å². The largest absolute Gasteiger partial charge is 0.494 e. The molecule has 134 valence electrons. The van der Waals surface area contributed by atoms with Crippen LogP contribution in [0.2, 0.25) is 0 Å². The number of guanidine groups is 1. The fourth-order valence-corrected chi connectivity index (χ4v) is 2.69. The summed E-state index contributed by atoms with van der Waals surface area (Å²) in [4.78, 5) is 4.40. The van der Waals surface area contributed by atoms with Crippen molar-refractivity contribution in [3.8, 4) is 11.5 Å². The van der Waals surface area contributed by atoms with Crippen LogP contribution in [-0.2, 0) is 4.74 Å². The maximum Gasteiger partial charge on any atom is 0.193 e. The monoisotopic (exact) mass is 335 g/mol. The third-order valence-electron chi connectivity index (χ3n) is 3.83.